The average molecular weight is 253 g/mol. The lowest BCUT2D eigenvalue weighted by atomic mass is 9.99. The molecule has 1 aromatic heterocycles. The molecule has 16 heavy (non-hydrogen) atoms. The fourth-order valence-electron chi connectivity index (χ4n) is 1.72. The van der Waals surface area contributed by atoms with Crippen molar-refractivity contribution in [2.45, 2.75) is 13.0 Å². The molecule has 0 spiro atoms. The SMILES string of the molecule is Cc1cscc1C(NN)c1ccccc1Cl. The van der Waals surface area contributed by atoms with Gasteiger partial charge in [0.1, 0.15) is 0 Å². The van der Waals surface area contributed by atoms with E-state index in [4.69, 9.17) is 17.4 Å². The summed E-state index contributed by atoms with van der Waals surface area (Å²) in [5.41, 5.74) is 6.24. The molecule has 2 nitrogen and oxygen atoms in total. The number of rotatable bonds is 3. The lowest BCUT2D eigenvalue weighted by Crippen LogP contribution is -2.29. The van der Waals surface area contributed by atoms with Crippen molar-refractivity contribution in [3.63, 3.8) is 0 Å². The first-order chi connectivity index (χ1) is 7.74. The van der Waals surface area contributed by atoms with Gasteiger partial charge in [0.2, 0.25) is 0 Å². The summed E-state index contributed by atoms with van der Waals surface area (Å²) >= 11 is 7.85. The van der Waals surface area contributed by atoms with Crippen LogP contribution in [0, 0.1) is 6.92 Å². The zero-order valence-electron chi connectivity index (χ0n) is 8.91. The Kier molecular flexibility index (Phi) is 3.61. The quantitative estimate of drug-likeness (QED) is 0.650. The van der Waals surface area contributed by atoms with Crippen molar-refractivity contribution in [3.8, 4) is 0 Å². The second-order valence-corrected chi connectivity index (χ2v) is 4.78. The zero-order chi connectivity index (χ0) is 11.5. The van der Waals surface area contributed by atoms with Crippen LogP contribution in [0.1, 0.15) is 22.7 Å². The van der Waals surface area contributed by atoms with Gasteiger partial charge >= 0.3 is 0 Å². The second kappa shape index (κ2) is 4.97. The lowest BCUT2D eigenvalue weighted by molar-refractivity contribution is 0.636. The van der Waals surface area contributed by atoms with E-state index >= 15 is 0 Å². The van der Waals surface area contributed by atoms with E-state index in [-0.39, 0.29) is 6.04 Å². The van der Waals surface area contributed by atoms with Crippen LogP contribution >= 0.6 is 22.9 Å². The molecule has 1 atom stereocenters. The summed E-state index contributed by atoms with van der Waals surface area (Å²) in [6.45, 7) is 2.08. The van der Waals surface area contributed by atoms with Gasteiger partial charge in [0.25, 0.3) is 0 Å². The van der Waals surface area contributed by atoms with Crippen LogP contribution in [0.15, 0.2) is 35.0 Å². The first-order valence-corrected chi connectivity index (χ1v) is 6.29. The molecule has 4 heteroatoms. The maximum atomic E-state index is 6.17. The predicted molar refractivity (Wildman–Crippen MR) is 69.7 cm³/mol. The predicted octanol–water partition coefficient (Wildman–Crippen LogP) is 3.26. The minimum absolute atomic E-state index is 0.0417. The normalized spacial score (nSPS) is 12.7. The number of hydrogen-bond acceptors (Lipinski definition) is 3. The van der Waals surface area contributed by atoms with Crippen molar-refractivity contribution >= 4 is 22.9 Å². The number of hydrazine groups is 1. The van der Waals surface area contributed by atoms with E-state index in [1.54, 1.807) is 11.3 Å². The number of hydrogen-bond donors (Lipinski definition) is 2. The smallest absolute Gasteiger partial charge is 0.0735 e. The molecule has 0 aliphatic rings. The van der Waals surface area contributed by atoms with E-state index in [0.29, 0.717) is 0 Å². The highest BCUT2D eigenvalue weighted by atomic mass is 35.5. The summed E-state index contributed by atoms with van der Waals surface area (Å²) < 4.78 is 0. The van der Waals surface area contributed by atoms with Crippen LogP contribution < -0.4 is 11.3 Å². The second-order valence-electron chi connectivity index (χ2n) is 3.63. The van der Waals surface area contributed by atoms with Gasteiger partial charge in [0.05, 0.1) is 6.04 Å². The number of nitrogens with two attached hydrogens (primary N) is 1. The molecule has 0 saturated carbocycles. The topological polar surface area (TPSA) is 38.0 Å². The highest BCUT2D eigenvalue weighted by molar-refractivity contribution is 7.08. The molecule has 0 aliphatic heterocycles. The highest BCUT2D eigenvalue weighted by Crippen LogP contribution is 2.30. The molecule has 1 heterocycles. The summed E-state index contributed by atoms with van der Waals surface area (Å²) in [4.78, 5) is 0. The third kappa shape index (κ3) is 2.13. The Hall–Kier alpha value is -0.870. The van der Waals surface area contributed by atoms with E-state index in [0.717, 1.165) is 10.6 Å². The van der Waals surface area contributed by atoms with Crippen molar-refractivity contribution in [1.82, 2.24) is 5.43 Å². The maximum Gasteiger partial charge on any atom is 0.0735 e. The lowest BCUT2D eigenvalue weighted by Gasteiger charge is -2.17. The molecule has 1 unspecified atom stereocenters. The van der Waals surface area contributed by atoms with E-state index in [9.17, 15) is 0 Å². The summed E-state index contributed by atoms with van der Waals surface area (Å²) in [7, 11) is 0. The van der Waals surface area contributed by atoms with Crippen LogP contribution in [0.4, 0.5) is 0 Å². The van der Waals surface area contributed by atoms with Gasteiger partial charge < -0.3 is 0 Å². The fourth-order valence-corrected chi connectivity index (χ4v) is 2.84. The Morgan fingerprint density at radius 3 is 2.56 bits per heavy atom. The van der Waals surface area contributed by atoms with E-state index in [2.05, 4.69) is 23.1 Å². The Morgan fingerprint density at radius 2 is 2.00 bits per heavy atom. The van der Waals surface area contributed by atoms with Crippen molar-refractivity contribution in [2.75, 3.05) is 0 Å². The number of aryl methyl sites for hydroxylation is 1. The molecule has 2 aromatic rings. The van der Waals surface area contributed by atoms with Crippen LogP contribution in [0.2, 0.25) is 5.02 Å². The molecule has 3 N–H and O–H groups in total. The summed E-state index contributed by atoms with van der Waals surface area (Å²) in [6.07, 6.45) is 0. The van der Waals surface area contributed by atoms with Gasteiger partial charge in [-0.1, -0.05) is 29.8 Å². The van der Waals surface area contributed by atoms with Gasteiger partial charge in [0, 0.05) is 5.02 Å². The first kappa shape index (κ1) is 11.6. The summed E-state index contributed by atoms with van der Waals surface area (Å²) in [6, 6.07) is 7.71. The monoisotopic (exact) mass is 252 g/mol. The first-order valence-electron chi connectivity index (χ1n) is 4.97. The van der Waals surface area contributed by atoms with E-state index in [1.165, 1.54) is 11.1 Å². The van der Waals surface area contributed by atoms with Gasteiger partial charge in [0.15, 0.2) is 0 Å². The highest BCUT2D eigenvalue weighted by Gasteiger charge is 2.17. The largest absolute Gasteiger partial charge is 0.271 e. The van der Waals surface area contributed by atoms with E-state index in [1.807, 2.05) is 24.3 Å². The van der Waals surface area contributed by atoms with Gasteiger partial charge in [-0.2, -0.15) is 11.3 Å². The number of nitrogens with one attached hydrogen (secondary N) is 1. The van der Waals surface area contributed by atoms with Gasteiger partial charge in [-0.3, -0.25) is 5.84 Å². The van der Waals surface area contributed by atoms with Crippen LogP contribution in [0.5, 0.6) is 0 Å². The van der Waals surface area contributed by atoms with Crippen molar-refractivity contribution in [2.24, 2.45) is 5.84 Å². The Balaban J connectivity index is 2.45. The maximum absolute atomic E-state index is 6.17. The van der Waals surface area contributed by atoms with Crippen molar-refractivity contribution in [1.29, 1.82) is 0 Å². The third-order valence-corrected chi connectivity index (χ3v) is 3.81. The Bertz CT molecular complexity index is 481. The molecular weight excluding hydrogens is 240 g/mol. The molecule has 2 rings (SSSR count). The molecule has 0 bridgehead atoms. The number of halogens is 1. The fraction of sp³-hybridized carbons (Fsp3) is 0.167. The number of thiophene rings is 1. The minimum Gasteiger partial charge on any atom is -0.271 e. The molecule has 0 radical (unpaired) electrons. The molecule has 0 amide bonds. The molecule has 0 aliphatic carbocycles. The standard InChI is InChI=1S/C12H13ClN2S/c1-8-6-16-7-10(8)12(15-14)9-4-2-3-5-11(9)13/h2-7,12,15H,14H2,1H3. The van der Waals surface area contributed by atoms with Gasteiger partial charge in [-0.25, -0.2) is 5.43 Å². The van der Waals surface area contributed by atoms with Crippen LogP contribution in [-0.2, 0) is 0 Å². The van der Waals surface area contributed by atoms with Crippen LogP contribution in [0.3, 0.4) is 0 Å². The van der Waals surface area contributed by atoms with Crippen LogP contribution in [-0.4, -0.2) is 0 Å². The zero-order valence-corrected chi connectivity index (χ0v) is 10.5. The Labute approximate surface area is 104 Å². The number of benzene rings is 1. The minimum atomic E-state index is -0.0417. The average Bonchev–Trinajstić information content (AvgIpc) is 2.69. The summed E-state index contributed by atoms with van der Waals surface area (Å²) in [5, 5.41) is 4.94. The van der Waals surface area contributed by atoms with Gasteiger partial charge in [-0.05, 0) is 40.4 Å². The molecule has 1 aromatic carbocycles. The summed E-state index contributed by atoms with van der Waals surface area (Å²) in [5.74, 6) is 5.63. The molecule has 0 saturated heterocycles. The third-order valence-electron chi connectivity index (χ3n) is 2.59. The van der Waals surface area contributed by atoms with Gasteiger partial charge in [-0.15, -0.1) is 0 Å². The molecule has 84 valence electrons. The van der Waals surface area contributed by atoms with Crippen molar-refractivity contribution < 1.29 is 0 Å². The van der Waals surface area contributed by atoms with E-state index < -0.39 is 0 Å². The molecular formula is C12H13ClN2S. The van der Waals surface area contributed by atoms with Crippen LogP contribution in [0.25, 0.3) is 0 Å². The molecule has 0 fully saturated rings. The van der Waals surface area contributed by atoms with Crippen molar-refractivity contribution in [3.05, 3.63) is 56.7 Å². The Morgan fingerprint density at radius 1 is 1.25 bits per heavy atom.